The fraction of sp³-hybridized carbons (Fsp3) is 0.462. The number of aliphatic hydroxyl groups excluding tert-OH is 1. The zero-order chi connectivity index (χ0) is 24.3. The number of amides is 3. The van der Waals surface area contributed by atoms with Gasteiger partial charge in [-0.3, -0.25) is 20.5 Å². The standard InChI is InChI=1S/C26H33N5O4/c32-11-10-27-24(33)21-3-1-2-19(14-21)17-31-25(34)30(18-26(31)8-12-35-13-9-26)23-6-4-20(5-7-23)22-15-28-29-16-22/h1-7,14,22,28-29,32H,8-13,15-18H2,(H,27,33). The Bertz CT molecular complexity index is 1050. The topological polar surface area (TPSA) is 106 Å². The van der Waals surface area contributed by atoms with E-state index in [1.165, 1.54) is 5.56 Å². The third-order valence-electron chi connectivity index (χ3n) is 7.34. The predicted molar refractivity (Wildman–Crippen MR) is 132 cm³/mol. The number of hydrogen-bond donors (Lipinski definition) is 4. The van der Waals surface area contributed by atoms with Gasteiger partial charge in [-0.1, -0.05) is 24.3 Å². The van der Waals surface area contributed by atoms with Crippen molar-refractivity contribution in [1.29, 1.82) is 0 Å². The number of carbonyl (C=O) groups excluding carboxylic acids is 2. The Labute approximate surface area is 205 Å². The number of ether oxygens (including phenoxy) is 1. The molecule has 4 N–H and O–H groups in total. The van der Waals surface area contributed by atoms with Crippen LogP contribution in [0.3, 0.4) is 0 Å². The summed E-state index contributed by atoms with van der Waals surface area (Å²) in [7, 11) is 0. The molecule has 2 aromatic rings. The van der Waals surface area contributed by atoms with Crippen molar-refractivity contribution in [1.82, 2.24) is 21.1 Å². The Morgan fingerprint density at radius 2 is 1.86 bits per heavy atom. The summed E-state index contributed by atoms with van der Waals surface area (Å²) in [6.45, 7) is 4.20. The number of hydrazine groups is 1. The highest BCUT2D eigenvalue weighted by Crippen LogP contribution is 2.39. The molecule has 186 valence electrons. The molecule has 0 saturated carbocycles. The van der Waals surface area contributed by atoms with Gasteiger partial charge in [0.1, 0.15) is 0 Å². The van der Waals surface area contributed by atoms with Crippen LogP contribution in [0.1, 0.15) is 40.2 Å². The zero-order valence-electron chi connectivity index (χ0n) is 19.8. The van der Waals surface area contributed by atoms with Crippen molar-refractivity contribution in [3.8, 4) is 0 Å². The molecule has 0 bridgehead atoms. The van der Waals surface area contributed by atoms with Gasteiger partial charge in [0.15, 0.2) is 0 Å². The van der Waals surface area contributed by atoms with E-state index < -0.39 is 0 Å². The summed E-state index contributed by atoms with van der Waals surface area (Å²) in [5.74, 6) is 0.197. The van der Waals surface area contributed by atoms with Crippen molar-refractivity contribution >= 4 is 17.6 Å². The fourth-order valence-electron chi connectivity index (χ4n) is 5.30. The van der Waals surface area contributed by atoms with E-state index in [0.717, 1.165) is 37.2 Å². The highest BCUT2D eigenvalue weighted by Gasteiger charge is 2.50. The molecule has 35 heavy (non-hydrogen) atoms. The quantitative estimate of drug-likeness (QED) is 0.481. The molecular weight excluding hydrogens is 446 g/mol. The molecule has 0 unspecified atom stereocenters. The van der Waals surface area contributed by atoms with Gasteiger partial charge in [0.2, 0.25) is 0 Å². The van der Waals surface area contributed by atoms with Gasteiger partial charge < -0.3 is 20.1 Å². The van der Waals surface area contributed by atoms with E-state index in [4.69, 9.17) is 9.84 Å². The first-order valence-corrected chi connectivity index (χ1v) is 12.3. The van der Waals surface area contributed by atoms with Crippen LogP contribution in [0, 0.1) is 0 Å². The molecule has 5 rings (SSSR count). The third kappa shape index (κ3) is 4.90. The first kappa shape index (κ1) is 23.7. The van der Waals surface area contributed by atoms with E-state index in [9.17, 15) is 9.59 Å². The highest BCUT2D eigenvalue weighted by atomic mass is 16.5. The summed E-state index contributed by atoms with van der Waals surface area (Å²) >= 11 is 0. The van der Waals surface area contributed by atoms with Gasteiger partial charge in [0.05, 0.1) is 18.7 Å². The smallest absolute Gasteiger partial charge is 0.325 e. The number of carbonyl (C=O) groups is 2. The molecule has 9 heteroatoms. The lowest BCUT2D eigenvalue weighted by atomic mass is 9.88. The third-order valence-corrected chi connectivity index (χ3v) is 7.34. The minimum atomic E-state index is -0.303. The number of nitrogens with zero attached hydrogens (tertiary/aromatic N) is 2. The summed E-state index contributed by atoms with van der Waals surface area (Å²) < 4.78 is 5.65. The lowest BCUT2D eigenvalue weighted by molar-refractivity contribution is 0.00611. The number of hydrogen-bond acceptors (Lipinski definition) is 6. The summed E-state index contributed by atoms with van der Waals surface area (Å²) in [6.07, 6.45) is 1.56. The summed E-state index contributed by atoms with van der Waals surface area (Å²) in [5, 5.41) is 11.7. The number of rotatable bonds is 7. The first-order valence-electron chi connectivity index (χ1n) is 12.3. The summed E-state index contributed by atoms with van der Waals surface area (Å²) in [5.41, 5.74) is 9.62. The zero-order valence-corrected chi connectivity index (χ0v) is 19.8. The predicted octanol–water partition coefficient (Wildman–Crippen LogP) is 1.59. The van der Waals surface area contributed by atoms with Gasteiger partial charge in [0.25, 0.3) is 5.91 Å². The van der Waals surface area contributed by atoms with Crippen LogP contribution in [0.2, 0.25) is 0 Å². The van der Waals surface area contributed by atoms with E-state index in [-0.39, 0.29) is 30.6 Å². The van der Waals surface area contributed by atoms with Crippen molar-refractivity contribution < 1.29 is 19.4 Å². The molecule has 3 aliphatic rings. The SMILES string of the molecule is O=C(NCCO)c1cccc(CN2C(=O)N(c3ccc(C4CNNC4)cc3)CC23CCOCC3)c1. The largest absolute Gasteiger partial charge is 0.395 e. The molecule has 0 atom stereocenters. The molecule has 3 saturated heterocycles. The molecule has 9 nitrogen and oxygen atoms in total. The van der Waals surface area contributed by atoms with Crippen LogP contribution in [0.25, 0.3) is 0 Å². The van der Waals surface area contributed by atoms with Crippen molar-refractivity contribution in [3.05, 3.63) is 65.2 Å². The van der Waals surface area contributed by atoms with E-state index in [2.05, 4.69) is 28.3 Å². The maximum absolute atomic E-state index is 13.8. The molecule has 0 radical (unpaired) electrons. The van der Waals surface area contributed by atoms with E-state index in [0.29, 0.717) is 37.8 Å². The average molecular weight is 480 g/mol. The van der Waals surface area contributed by atoms with E-state index in [1.54, 1.807) is 6.07 Å². The number of nitrogens with one attached hydrogen (secondary N) is 3. The maximum Gasteiger partial charge on any atom is 0.325 e. The van der Waals surface area contributed by atoms with Crippen LogP contribution >= 0.6 is 0 Å². The fourth-order valence-corrected chi connectivity index (χ4v) is 5.30. The highest BCUT2D eigenvalue weighted by molar-refractivity contribution is 5.96. The number of benzene rings is 2. The normalized spacial score (nSPS) is 20.1. The molecule has 0 aromatic heterocycles. The van der Waals surface area contributed by atoms with Crippen molar-refractivity contribution in [2.45, 2.75) is 30.8 Å². The lowest BCUT2D eigenvalue weighted by Crippen LogP contribution is -2.50. The van der Waals surface area contributed by atoms with Crippen LogP contribution in [0.4, 0.5) is 10.5 Å². The van der Waals surface area contributed by atoms with Crippen LogP contribution in [0.5, 0.6) is 0 Å². The Balaban J connectivity index is 1.37. The van der Waals surface area contributed by atoms with Gasteiger partial charge >= 0.3 is 6.03 Å². The van der Waals surface area contributed by atoms with Crippen molar-refractivity contribution in [3.63, 3.8) is 0 Å². The summed E-state index contributed by atoms with van der Waals surface area (Å²) in [6, 6.07) is 15.7. The van der Waals surface area contributed by atoms with Gasteiger partial charge in [-0.2, -0.15) is 0 Å². The van der Waals surface area contributed by atoms with Gasteiger partial charge in [-0.05, 0) is 48.2 Å². The second-order valence-corrected chi connectivity index (χ2v) is 9.52. The molecule has 1 spiro atoms. The van der Waals surface area contributed by atoms with Gasteiger partial charge in [-0.15, -0.1) is 0 Å². The lowest BCUT2D eigenvalue weighted by Gasteiger charge is -2.40. The molecule has 2 aromatic carbocycles. The number of aliphatic hydroxyl groups is 1. The van der Waals surface area contributed by atoms with E-state index >= 15 is 0 Å². The second kappa shape index (κ2) is 10.3. The molecule has 3 amide bonds. The van der Waals surface area contributed by atoms with Gasteiger partial charge in [0, 0.05) is 56.6 Å². The van der Waals surface area contributed by atoms with Crippen molar-refractivity contribution in [2.24, 2.45) is 0 Å². The molecular formula is C26H33N5O4. The Kier molecular flexibility index (Phi) is 7.01. The van der Waals surface area contributed by atoms with Crippen LogP contribution in [-0.4, -0.2) is 73.5 Å². The summed E-state index contributed by atoms with van der Waals surface area (Å²) in [4.78, 5) is 30.0. The average Bonchev–Trinajstić information content (AvgIpc) is 3.52. The van der Waals surface area contributed by atoms with E-state index in [1.807, 2.05) is 40.1 Å². The minimum Gasteiger partial charge on any atom is -0.395 e. The van der Waals surface area contributed by atoms with Crippen LogP contribution < -0.4 is 21.1 Å². The first-order chi connectivity index (χ1) is 17.1. The molecule has 3 fully saturated rings. The Morgan fingerprint density at radius 1 is 1.11 bits per heavy atom. The molecule has 0 aliphatic carbocycles. The van der Waals surface area contributed by atoms with Crippen molar-refractivity contribution in [2.75, 3.05) is 50.9 Å². The Morgan fingerprint density at radius 3 is 2.57 bits per heavy atom. The van der Waals surface area contributed by atoms with Crippen LogP contribution in [0.15, 0.2) is 48.5 Å². The van der Waals surface area contributed by atoms with Gasteiger partial charge in [-0.25, -0.2) is 4.79 Å². The monoisotopic (exact) mass is 479 g/mol. The minimum absolute atomic E-state index is 0.0148. The number of urea groups is 1. The second-order valence-electron chi connectivity index (χ2n) is 9.52. The van der Waals surface area contributed by atoms with Crippen LogP contribution in [-0.2, 0) is 11.3 Å². The number of anilines is 1. The molecule has 3 heterocycles. The maximum atomic E-state index is 13.8. The Hall–Kier alpha value is -2.98. The molecule has 3 aliphatic heterocycles.